The predicted molar refractivity (Wildman–Crippen MR) is 48.3 cm³/mol. The largest absolute Gasteiger partial charge is 0.466 e. The molecule has 1 aromatic heterocycles. The first-order valence-corrected chi connectivity index (χ1v) is 4.81. The Hall–Kier alpha value is -0.240. The molecule has 0 aromatic carbocycles. The van der Waals surface area contributed by atoms with Crippen LogP contribution in [0.25, 0.3) is 0 Å². The molecule has 0 radical (unpaired) electrons. The van der Waals surface area contributed by atoms with Crippen LogP contribution in [0.5, 0.6) is 0 Å². The molecule has 60 valence electrons. The fourth-order valence-electron chi connectivity index (χ4n) is 1.50. The van der Waals surface area contributed by atoms with Crippen LogP contribution in [0.4, 0.5) is 0 Å². The maximum absolute atomic E-state index is 5.44. The number of halogens is 1. The van der Waals surface area contributed by atoms with E-state index in [1.54, 1.807) is 0 Å². The summed E-state index contributed by atoms with van der Waals surface area (Å²) in [5.41, 5.74) is 1.39. The zero-order chi connectivity index (χ0) is 8.01. The van der Waals surface area contributed by atoms with Gasteiger partial charge in [-0.05, 0) is 31.9 Å². The smallest absolute Gasteiger partial charge is 0.104 e. The molecule has 0 aliphatic heterocycles. The highest BCUT2D eigenvalue weighted by Crippen LogP contribution is 2.48. The Balaban J connectivity index is 2.30. The van der Waals surface area contributed by atoms with Crippen molar-refractivity contribution in [2.75, 3.05) is 0 Å². The maximum Gasteiger partial charge on any atom is 0.104 e. The molecule has 1 nitrogen and oxygen atoms in total. The van der Waals surface area contributed by atoms with Gasteiger partial charge in [0.2, 0.25) is 0 Å². The molecule has 11 heavy (non-hydrogen) atoms. The second-order valence-electron chi connectivity index (χ2n) is 3.23. The summed E-state index contributed by atoms with van der Waals surface area (Å²) >= 11 is 3.59. The molecule has 1 saturated carbocycles. The van der Waals surface area contributed by atoms with E-state index in [1.165, 1.54) is 12.0 Å². The van der Waals surface area contributed by atoms with E-state index < -0.39 is 0 Å². The molecule has 2 unspecified atom stereocenters. The lowest BCUT2D eigenvalue weighted by molar-refractivity contribution is 0.501. The van der Waals surface area contributed by atoms with Crippen LogP contribution in [0.3, 0.4) is 0 Å². The Morgan fingerprint density at radius 3 is 2.55 bits per heavy atom. The van der Waals surface area contributed by atoms with Crippen LogP contribution in [0.1, 0.15) is 29.4 Å². The van der Waals surface area contributed by atoms with Gasteiger partial charge in [-0.15, -0.1) is 0 Å². The zero-order valence-corrected chi connectivity index (χ0v) is 8.31. The van der Waals surface area contributed by atoms with Crippen molar-refractivity contribution in [3.05, 3.63) is 23.2 Å². The molecule has 2 rings (SSSR count). The van der Waals surface area contributed by atoms with E-state index in [4.69, 9.17) is 4.42 Å². The molecular weight excluding hydrogens is 204 g/mol. The third-order valence-corrected chi connectivity index (χ3v) is 3.20. The van der Waals surface area contributed by atoms with Gasteiger partial charge in [-0.3, -0.25) is 0 Å². The maximum atomic E-state index is 5.44. The van der Waals surface area contributed by atoms with Crippen molar-refractivity contribution >= 4 is 15.9 Å². The zero-order valence-electron chi connectivity index (χ0n) is 6.73. The number of alkyl halides is 1. The summed E-state index contributed by atoms with van der Waals surface area (Å²) in [5, 5.41) is 0. The summed E-state index contributed by atoms with van der Waals surface area (Å²) in [4.78, 5) is 0.693. The molecule has 1 aliphatic rings. The van der Waals surface area contributed by atoms with Gasteiger partial charge in [0.05, 0.1) is 0 Å². The Morgan fingerprint density at radius 1 is 1.55 bits per heavy atom. The fraction of sp³-hybridized carbons (Fsp3) is 0.556. The number of hydrogen-bond acceptors (Lipinski definition) is 1. The molecule has 2 heteroatoms. The van der Waals surface area contributed by atoms with Gasteiger partial charge >= 0.3 is 0 Å². The topological polar surface area (TPSA) is 13.1 Å². The summed E-state index contributed by atoms with van der Waals surface area (Å²) in [6.45, 7) is 4.04. The highest BCUT2D eigenvalue weighted by atomic mass is 79.9. The Kier molecular flexibility index (Phi) is 1.60. The summed E-state index contributed by atoms with van der Waals surface area (Å²) in [6, 6.07) is 2.15. The van der Waals surface area contributed by atoms with Crippen LogP contribution in [-0.4, -0.2) is 4.83 Å². The molecule has 0 bridgehead atoms. The second kappa shape index (κ2) is 2.37. The minimum atomic E-state index is 0.693. The van der Waals surface area contributed by atoms with Gasteiger partial charge in [-0.1, -0.05) is 15.9 Å². The third-order valence-electron chi connectivity index (χ3n) is 2.19. The Labute approximate surface area is 74.9 Å². The molecule has 0 spiro atoms. The molecule has 0 amide bonds. The first-order chi connectivity index (χ1) is 5.18. The van der Waals surface area contributed by atoms with Gasteiger partial charge in [0, 0.05) is 10.7 Å². The normalized spacial score (nSPS) is 29.0. The molecule has 0 N–H and O–H groups in total. The number of rotatable bonds is 1. The highest BCUT2D eigenvalue weighted by Gasteiger charge is 2.38. The van der Waals surface area contributed by atoms with Gasteiger partial charge in [0.1, 0.15) is 11.5 Å². The quantitative estimate of drug-likeness (QED) is 0.656. The number of furan rings is 1. The molecule has 1 fully saturated rings. The summed E-state index contributed by atoms with van der Waals surface area (Å²) in [6.07, 6.45) is 1.26. The van der Waals surface area contributed by atoms with Crippen LogP contribution in [0, 0.1) is 13.8 Å². The average molecular weight is 215 g/mol. The molecule has 1 aromatic rings. The highest BCUT2D eigenvalue weighted by molar-refractivity contribution is 9.09. The van der Waals surface area contributed by atoms with Crippen molar-refractivity contribution in [2.24, 2.45) is 0 Å². The van der Waals surface area contributed by atoms with E-state index in [9.17, 15) is 0 Å². The lowest BCUT2D eigenvalue weighted by Crippen LogP contribution is -1.79. The second-order valence-corrected chi connectivity index (χ2v) is 4.40. The van der Waals surface area contributed by atoms with Crippen LogP contribution in [0.15, 0.2) is 10.5 Å². The minimum Gasteiger partial charge on any atom is -0.466 e. The molecule has 0 saturated heterocycles. The van der Waals surface area contributed by atoms with E-state index >= 15 is 0 Å². The number of aryl methyl sites for hydroxylation is 2. The van der Waals surface area contributed by atoms with Gasteiger partial charge in [-0.25, -0.2) is 0 Å². The monoisotopic (exact) mass is 214 g/mol. The van der Waals surface area contributed by atoms with E-state index in [0.717, 1.165) is 11.5 Å². The Morgan fingerprint density at radius 2 is 2.18 bits per heavy atom. The third kappa shape index (κ3) is 1.24. The van der Waals surface area contributed by atoms with E-state index in [2.05, 4.69) is 22.0 Å². The van der Waals surface area contributed by atoms with E-state index in [1.807, 2.05) is 13.8 Å². The lowest BCUT2D eigenvalue weighted by Gasteiger charge is -1.90. The van der Waals surface area contributed by atoms with Crippen LogP contribution < -0.4 is 0 Å². The summed E-state index contributed by atoms with van der Waals surface area (Å²) < 4.78 is 5.44. The van der Waals surface area contributed by atoms with E-state index in [0.29, 0.717) is 10.7 Å². The van der Waals surface area contributed by atoms with Crippen molar-refractivity contribution in [3.8, 4) is 0 Å². The lowest BCUT2D eigenvalue weighted by atomic mass is 10.1. The molecule has 2 atom stereocenters. The number of hydrogen-bond donors (Lipinski definition) is 0. The minimum absolute atomic E-state index is 0.693. The van der Waals surface area contributed by atoms with Gasteiger partial charge in [0.25, 0.3) is 0 Å². The first kappa shape index (κ1) is 7.41. The van der Waals surface area contributed by atoms with Crippen molar-refractivity contribution < 1.29 is 4.42 Å². The van der Waals surface area contributed by atoms with Crippen LogP contribution in [-0.2, 0) is 0 Å². The first-order valence-electron chi connectivity index (χ1n) is 3.89. The molecule has 1 aliphatic carbocycles. The standard InChI is InChI=1S/C9H11BrO/c1-5-3-7(6(2)11-5)8-4-9(8)10/h3,8-9H,4H2,1-2H3. The SMILES string of the molecule is Cc1cc(C2CC2Br)c(C)o1. The predicted octanol–water partition coefficient (Wildman–Crippen LogP) is 3.15. The van der Waals surface area contributed by atoms with Crippen molar-refractivity contribution in [1.82, 2.24) is 0 Å². The van der Waals surface area contributed by atoms with Gasteiger partial charge in [0.15, 0.2) is 0 Å². The fourth-order valence-corrected chi connectivity index (χ4v) is 2.19. The van der Waals surface area contributed by atoms with Crippen LogP contribution >= 0.6 is 15.9 Å². The van der Waals surface area contributed by atoms with Crippen LogP contribution in [0.2, 0.25) is 0 Å². The van der Waals surface area contributed by atoms with Crippen molar-refractivity contribution in [1.29, 1.82) is 0 Å². The summed E-state index contributed by atoms with van der Waals surface area (Å²) in [5.74, 6) is 2.84. The van der Waals surface area contributed by atoms with Gasteiger partial charge < -0.3 is 4.42 Å². The van der Waals surface area contributed by atoms with Crippen molar-refractivity contribution in [2.45, 2.75) is 31.0 Å². The van der Waals surface area contributed by atoms with Gasteiger partial charge in [-0.2, -0.15) is 0 Å². The molecule has 1 heterocycles. The van der Waals surface area contributed by atoms with E-state index in [-0.39, 0.29) is 0 Å². The molecular formula is C9H11BrO. The summed E-state index contributed by atoms with van der Waals surface area (Å²) in [7, 11) is 0. The average Bonchev–Trinajstić information content (AvgIpc) is 2.52. The van der Waals surface area contributed by atoms with Crippen molar-refractivity contribution in [3.63, 3.8) is 0 Å². The Bertz CT molecular complexity index is 277.